The lowest BCUT2D eigenvalue weighted by Gasteiger charge is -2.38. The van der Waals surface area contributed by atoms with Crippen molar-refractivity contribution in [3.05, 3.63) is 35.6 Å². The van der Waals surface area contributed by atoms with Crippen LogP contribution in [0.3, 0.4) is 0 Å². The SMILES string of the molecule is O=C(O)CN(C1CCCCC1)C1CC[C@@H](CN2CCC(CCCc3ccc(F)cc3)CC2)C1. The molecule has 1 aromatic carbocycles. The van der Waals surface area contributed by atoms with Gasteiger partial charge in [0.15, 0.2) is 0 Å². The number of aryl methyl sites for hydroxylation is 1. The molecule has 0 bridgehead atoms. The number of hydrogen-bond acceptors (Lipinski definition) is 3. The number of carboxylic acids is 1. The Morgan fingerprint density at radius 2 is 1.67 bits per heavy atom. The Morgan fingerprint density at radius 1 is 0.939 bits per heavy atom. The molecular formula is C28H43FN2O2. The van der Waals surface area contributed by atoms with Gasteiger partial charge < -0.3 is 10.0 Å². The summed E-state index contributed by atoms with van der Waals surface area (Å²) in [6.07, 6.45) is 15.9. The molecule has 2 saturated carbocycles. The highest BCUT2D eigenvalue weighted by atomic mass is 19.1. The Hall–Kier alpha value is -1.46. The van der Waals surface area contributed by atoms with E-state index < -0.39 is 5.97 Å². The summed E-state index contributed by atoms with van der Waals surface area (Å²) in [6.45, 7) is 3.85. The lowest BCUT2D eigenvalue weighted by Crippen LogP contribution is -2.46. The fraction of sp³-hybridized carbons (Fsp3) is 0.750. The van der Waals surface area contributed by atoms with E-state index in [9.17, 15) is 14.3 Å². The maximum absolute atomic E-state index is 13.0. The Bertz CT molecular complexity index is 726. The van der Waals surface area contributed by atoms with E-state index in [-0.39, 0.29) is 12.4 Å². The molecule has 184 valence electrons. The molecule has 1 saturated heterocycles. The molecule has 1 N–H and O–H groups in total. The van der Waals surface area contributed by atoms with Gasteiger partial charge in [0.2, 0.25) is 0 Å². The minimum absolute atomic E-state index is 0.150. The maximum Gasteiger partial charge on any atom is 0.317 e. The van der Waals surface area contributed by atoms with Crippen LogP contribution >= 0.6 is 0 Å². The van der Waals surface area contributed by atoms with Gasteiger partial charge in [0.05, 0.1) is 6.54 Å². The number of rotatable bonds is 10. The molecular weight excluding hydrogens is 415 g/mol. The van der Waals surface area contributed by atoms with E-state index in [1.54, 1.807) is 12.1 Å². The van der Waals surface area contributed by atoms with Crippen LogP contribution in [0, 0.1) is 17.7 Å². The second kappa shape index (κ2) is 12.3. The third kappa shape index (κ3) is 7.51. The van der Waals surface area contributed by atoms with Crippen LogP contribution in [0.25, 0.3) is 0 Å². The average Bonchev–Trinajstić information content (AvgIpc) is 3.28. The molecule has 0 amide bonds. The number of nitrogens with zero attached hydrogens (tertiary/aromatic N) is 2. The maximum atomic E-state index is 13.0. The van der Waals surface area contributed by atoms with Gasteiger partial charge in [-0.1, -0.05) is 37.8 Å². The summed E-state index contributed by atoms with van der Waals surface area (Å²) >= 11 is 0. The van der Waals surface area contributed by atoms with Crippen molar-refractivity contribution < 1.29 is 14.3 Å². The molecule has 2 atom stereocenters. The first-order valence-electron chi connectivity index (χ1n) is 13.5. The second-order valence-electron chi connectivity index (χ2n) is 11.0. The minimum Gasteiger partial charge on any atom is -0.480 e. The zero-order chi connectivity index (χ0) is 23.0. The van der Waals surface area contributed by atoms with Crippen molar-refractivity contribution in [3.63, 3.8) is 0 Å². The molecule has 3 fully saturated rings. The van der Waals surface area contributed by atoms with Crippen LogP contribution in [0.4, 0.5) is 4.39 Å². The number of piperidine rings is 1. The first kappa shape index (κ1) is 24.7. The molecule has 5 heteroatoms. The Labute approximate surface area is 199 Å². The quantitative estimate of drug-likeness (QED) is 0.485. The molecule has 1 heterocycles. The third-order valence-electron chi connectivity index (χ3n) is 8.56. The standard InChI is InChI=1S/C28H43FN2O2/c29-25-12-9-22(10-13-25)5-4-6-23-15-17-30(18-16-23)20-24-11-14-27(19-24)31(21-28(32)33)26-7-2-1-3-8-26/h9-10,12-13,23-24,26-27H,1-8,11,14-21H2,(H,32,33)/t24-,27?/m1/s1. The van der Waals surface area contributed by atoms with E-state index in [0.29, 0.717) is 12.1 Å². The van der Waals surface area contributed by atoms with E-state index in [1.807, 2.05) is 12.1 Å². The van der Waals surface area contributed by atoms with Crippen molar-refractivity contribution >= 4 is 5.97 Å². The summed E-state index contributed by atoms with van der Waals surface area (Å²) in [5.74, 6) is 0.745. The first-order chi connectivity index (χ1) is 16.1. The normalized spacial score (nSPS) is 25.6. The Morgan fingerprint density at radius 3 is 2.36 bits per heavy atom. The third-order valence-corrected chi connectivity index (χ3v) is 8.56. The Balaban J connectivity index is 1.16. The number of carboxylic acid groups (broad SMARTS) is 1. The van der Waals surface area contributed by atoms with E-state index in [1.165, 1.54) is 102 Å². The van der Waals surface area contributed by atoms with Gasteiger partial charge in [0.25, 0.3) is 0 Å². The molecule has 4 rings (SSSR count). The summed E-state index contributed by atoms with van der Waals surface area (Å²) in [4.78, 5) is 16.6. The molecule has 1 aromatic rings. The largest absolute Gasteiger partial charge is 0.480 e. The van der Waals surface area contributed by atoms with Crippen LogP contribution in [0.15, 0.2) is 24.3 Å². The van der Waals surface area contributed by atoms with Crippen molar-refractivity contribution in [1.82, 2.24) is 9.80 Å². The summed E-state index contributed by atoms with van der Waals surface area (Å²) in [5, 5.41) is 9.50. The molecule has 0 spiro atoms. The predicted octanol–water partition coefficient (Wildman–Crippen LogP) is 5.75. The highest BCUT2D eigenvalue weighted by molar-refractivity contribution is 5.69. The smallest absolute Gasteiger partial charge is 0.317 e. The predicted molar refractivity (Wildman–Crippen MR) is 131 cm³/mol. The molecule has 4 nitrogen and oxygen atoms in total. The van der Waals surface area contributed by atoms with Gasteiger partial charge in [-0.05, 0) is 100 Å². The fourth-order valence-electron chi connectivity index (χ4n) is 6.71. The van der Waals surface area contributed by atoms with Crippen LogP contribution in [0.1, 0.15) is 82.6 Å². The summed E-state index contributed by atoms with van der Waals surface area (Å²) in [6, 6.07) is 7.93. The number of benzene rings is 1. The number of carbonyl (C=O) groups is 1. The van der Waals surface area contributed by atoms with E-state index >= 15 is 0 Å². The van der Waals surface area contributed by atoms with Crippen molar-refractivity contribution in [2.24, 2.45) is 11.8 Å². The number of aliphatic carboxylic acids is 1. The van der Waals surface area contributed by atoms with E-state index in [0.717, 1.165) is 18.3 Å². The van der Waals surface area contributed by atoms with Crippen LogP contribution in [-0.2, 0) is 11.2 Å². The molecule has 1 aliphatic heterocycles. The molecule has 2 aliphatic carbocycles. The van der Waals surface area contributed by atoms with E-state index in [4.69, 9.17) is 0 Å². The van der Waals surface area contributed by atoms with Gasteiger partial charge in [0.1, 0.15) is 5.82 Å². The van der Waals surface area contributed by atoms with Crippen molar-refractivity contribution in [2.75, 3.05) is 26.2 Å². The zero-order valence-electron chi connectivity index (χ0n) is 20.3. The van der Waals surface area contributed by atoms with Gasteiger partial charge in [-0.3, -0.25) is 9.69 Å². The molecule has 3 aliphatic rings. The van der Waals surface area contributed by atoms with Gasteiger partial charge in [0, 0.05) is 18.6 Å². The van der Waals surface area contributed by atoms with Crippen LogP contribution in [0.5, 0.6) is 0 Å². The van der Waals surface area contributed by atoms with Gasteiger partial charge in [-0.15, -0.1) is 0 Å². The van der Waals surface area contributed by atoms with Gasteiger partial charge in [-0.2, -0.15) is 0 Å². The van der Waals surface area contributed by atoms with Crippen LogP contribution in [-0.4, -0.2) is 59.1 Å². The van der Waals surface area contributed by atoms with Crippen molar-refractivity contribution in [3.8, 4) is 0 Å². The lowest BCUT2D eigenvalue weighted by atomic mass is 9.90. The van der Waals surface area contributed by atoms with Crippen molar-refractivity contribution in [1.29, 1.82) is 0 Å². The monoisotopic (exact) mass is 458 g/mol. The highest BCUT2D eigenvalue weighted by Gasteiger charge is 2.35. The Kier molecular flexibility index (Phi) is 9.19. The summed E-state index contributed by atoms with van der Waals surface area (Å²) in [5.41, 5.74) is 1.25. The van der Waals surface area contributed by atoms with Crippen LogP contribution in [0.2, 0.25) is 0 Å². The van der Waals surface area contributed by atoms with Gasteiger partial charge >= 0.3 is 5.97 Å². The topological polar surface area (TPSA) is 43.8 Å². The second-order valence-corrected chi connectivity index (χ2v) is 11.0. The fourth-order valence-corrected chi connectivity index (χ4v) is 6.71. The lowest BCUT2D eigenvalue weighted by molar-refractivity contribution is -0.140. The molecule has 33 heavy (non-hydrogen) atoms. The molecule has 0 aromatic heterocycles. The van der Waals surface area contributed by atoms with E-state index in [2.05, 4.69) is 9.80 Å². The molecule has 0 radical (unpaired) electrons. The number of hydrogen-bond donors (Lipinski definition) is 1. The zero-order valence-corrected chi connectivity index (χ0v) is 20.3. The van der Waals surface area contributed by atoms with Crippen molar-refractivity contribution in [2.45, 2.75) is 95.6 Å². The number of likely N-dealkylation sites (tertiary alicyclic amines) is 1. The average molecular weight is 459 g/mol. The number of halogens is 1. The van der Waals surface area contributed by atoms with Gasteiger partial charge in [-0.25, -0.2) is 4.39 Å². The summed E-state index contributed by atoms with van der Waals surface area (Å²) < 4.78 is 13.0. The highest BCUT2D eigenvalue weighted by Crippen LogP contribution is 2.35. The van der Waals surface area contributed by atoms with Crippen LogP contribution < -0.4 is 0 Å². The minimum atomic E-state index is -0.662. The summed E-state index contributed by atoms with van der Waals surface area (Å²) in [7, 11) is 0. The first-order valence-corrected chi connectivity index (χ1v) is 13.5. The molecule has 1 unspecified atom stereocenters.